The van der Waals surface area contributed by atoms with Crippen molar-refractivity contribution in [3.05, 3.63) is 29.7 Å². The normalized spacial score (nSPS) is 21.8. The molecule has 3 rings (SSSR count). The maximum absolute atomic E-state index is 12.0. The summed E-state index contributed by atoms with van der Waals surface area (Å²) in [6.07, 6.45) is 1.02. The van der Waals surface area contributed by atoms with Crippen LogP contribution in [0.25, 0.3) is 5.65 Å². The first-order valence-corrected chi connectivity index (χ1v) is 7.51. The number of nitrogens with zero attached hydrogens (tertiary/aromatic N) is 3. The van der Waals surface area contributed by atoms with Crippen molar-refractivity contribution in [3.8, 4) is 0 Å². The van der Waals surface area contributed by atoms with Crippen LogP contribution in [0.15, 0.2) is 18.2 Å². The molecule has 1 N–H and O–H groups in total. The third kappa shape index (κ3) is 1.79. The van der Waals surface area contributed by atoms with Gasteiger partial charge in [-0.25, -0.2) is 13.2 Å². The standard InChI is InChI=1S/C11H11N3O4S/c15-11(16)7-3-1-5-9-12-13-10(14(7)9)8-4-2-6-19(8,17)18/h1,3,5,8H,2,4,6H2,(H,15,16). The van der Waals surface area contributed by atoms with E-state index in [9.17, 15) is 18.3 Å². The number of hydrogen-bond acceptors (Lipinski definition) is 5. The van der Waals surface area contributed by atoms with Gasteiger partial charge in [0.15, 0.2) is 21.3 Å². The summed E-state index contributed by atoms with van der Waals surface area (Å²) in [7, 11) is -3.26. The molecule has 0 saturated carbocycles. The molecule has 3 heterocycles. The van der Waals surface area contributed by atoms with E-state index in [0.717, 1.165) is 0 Å². The molecule has 1 fully saturated rings. The lowest BCUT2D eigenvalue weighted by Gasteiger charge is -2.09. The van der Waals surface area contributed by atoms with Crippen LogP contribution >= 0.6 is 0 Å². The summed E-state index contributed by atoms with van der Waals surface area (Å²) < 4.78 is 25.2. The molecule has 19 heavy (non-hydrogen) atoms. The molecule has 1 aliphatic heterocycles. The van der Waals surface area contributed by atoms with Crippen LogP contribution in [0.5, 0.6) is 0 Å². The zero-order valence-corrected chi connectivity index (χ0v) is 10.7. The largest absolute Gasteiger partial charge is 0.477 e. The van der Waals surface area contributed by atoms with Gasteiger partial charge in [-0.1, -0.05) is 6.07 Å². The van der Waals surface area contributed by atoms with Gasteiger partial charge in [-0.3, -0.25) is 4.40 Å². The molecule has 0 bridgehead atoms. The Bertz CT molecular complexity index is 765. The zero-order chi connectivity index (χ0) is 13.6. The highest BCUT2D eigenvalue weighted by atomic mass is 32.2. The molecule has 0 radical (unpaired) electrons. The highest BCUT2D eigenvalue weighted by Gasteiger charge is 2.36. The number of aromatic nitrogens is 3. The molecule has 2 aromatic heterocycles. The van der Waals surface area contributed by atoms with Gasteiger partial charge in [-0.15, -0.1) is 10.2 Å². The Labute approximate surface area is 108 Å². The number of aromatic carboxylic acids is 1. The molecule has 1 aliphatic rings. The van der Waals surface area contributed by atoms with E-state index in [1.807, 2.05) is 0 Å². The molecule has 8 heteroatoms. The van der Waals surface area contributed by atoms with Crippen molar-refractivity contribution in [2.45, 2.75) is 18.1 Å². The van der Waals surface area contributed by atoms with Crippen LogP contribution in [0.3, 0.4) is 0 Å². The smallest absolute Gasteiger partial charge is 0.352 e. The minimum absolute atomic E-state index is 0.0281. The Morgan fingerprint density at radius 2 is 2.16 bits per heavy atom. The number of rotatable bonds is 2. The van der Waals surface area contributed by atoms with Crippen molar-refractivity contribution < 1.29 is 18.3 Å². The first kappa shape index (κ1) is 12.1. The van der Waals surface area contributed by atoms with Crippen molar-refractivity contribution in [2.75, 3.05) is 5.75 Å². The average molecular weight is 281 g/mol. The average Bonchev–Trinajstić information content (AvgIpc) is 2.91. The Balaban J connectivity index is 2.28. The summed E-state index contributed by atoms with van der Waals surface area (Å²) in [4.78, 5) is 11.2. The molecular formula is C11H11N3O4S. The van der Waals surface area contributed by atoms with Gasteiger partial charge in [-0.2, -0.15) is 0 Å². The van der Waals surface area contributed by atoms with Gasteiger partial charge in [0.1, 0.15) is 10.9 Å². The quantitative estimate of drug-likeness (QED) is 0.868. The zero-order valence-electron chi connectivity index (χ0n) is 9.85. The number of hydrogen-bond donors (Lipinski definition) is 1. The highest BCUT2D eigenvalue weighted by Crippen LogP contribution is 2.33. The van der Waals surface area contributed by atoms with Gasteiger partial charge < -0.3 is 5.11 Å². The second kappa shape index (κ2) is 4.02. The summed E-state index contributed by atoms with van der Waals surface area (Å²) in [5.41, 5.74) is 0.316. The second-order valence-electron chi connectivity index (χ2n) is 4.47. The Morgan fingerprint density at radius 1 is 1.37 bits per heavy atom. The van der Waals surface area contributed by atoms with Gasteiger partial charge in [0.2, 0.25) is 0 Å². The number of carbonyl (C=O) groups is 1. The van der Waals surface area contributed by atoms with Crippen molar-refractivity contribution in [1.29, 1.82) is 0 Å². The second-order valence-corrected chi connectivity index (χ2v) is 6.77. The topological polar surface area (TPSA) is 102 Å². The Morgan fingerprint density at radius 3 is 2.79 bits per heavy atom. The number of carboxylic acids is 1. The van der Waals surface area contributed by atoms with Gasteiger partial charge in [0, 0.05) is 0 Å². The molecule has 0 aliphatic carbocycles. The lowest BCUT2D eigenvalue weighted by atomic mass is 10.2. The lowest BCUT2D eigenvalue weighted by Crippen LogP contribution is -2.14. The molecule has 1 atom stereocenters. The fourth-order valence-electron chi connectivity index (χ4n) is 2.42. The minimum atomic E-state index is -3.26. The molecular weight excluding hydrogens is 270 g/mol. The van der Waals surface area contributed by atoms with Gasteiger partial charge in [0.05, 0.1) is 5.75 Å². The first-order chi connectivity index (χ1) is 9.00. The molecule has 100 valence electrons. The summed E-state index contributed by atoms with van der Waals surface area (Å²) >= 11 is 0. The molecule has 0 amide bonds. The molecule has 1 saturated heterocycles. The maximum Gasteiger partial charge on any atom is 0.352 e. The fourth-order valence-corrected chi connectivity index (χ4v) is 4.27. The molecule has 2 aromatic rings. The fraction of sp³-hybridized carbons (Fsp3) is 0.364. The van der Waals surface area contributed by atoms with E-state index in [1.165, 1.54) is 10.5 Å². The predicted octanol–water partition coefficient (Wildman–Crippen LogP) is 0.677. The van der Waals surface area contributed by atoms with Crippen LogP contribution in [-0.2, 0) is 9.84 Å². The summed E-state index contributed by atoms with van der Waals surface area (Å²) in [5, 5.41) is 16.2. The summed E-state index contributed by atoms with van der Waals surface area (Å²) in [5.74, 6) is -0.825. The first-order valence-electron chi connectivity index (χ1n) is 5.79. The molecule has 0 aromatic carbocycles. The van der Waals surface area contributed by atoms with E-state index in [4.69, 9.17) is 0 Å². The van der Waals surface area contributed by atoms with Crippen LogP contribution in [0.2, 0.25) is 0 Å². The Hall–Kier alpha value is -1.96. The SMILES string of the molecule is O=C(O)c1cccc2nnc(C3CCCS3(=O)=O)n12. The highest BCUT2D eigenvalue weighted by molar-refractivity contribution is 7.91. The summed E-state index contributed by atoms with van der Waals surface area (Å²) in [6, 6.07) is 4.56. The van der Waals surface area contributed by atoms with Crippen LogP contribution in [0.1, 0.15) is 34.4 Å². The van der Waals surface area contributed by atoms with E-state index in [-0.39, 0.29) is 17.3 Å². The predicted molar refractivity (Wildman–Crippen MR) is 65.7 cm³/mol. The van der Waals surface area contributed by atoms with Crippen LogP contribution in [-0.4, -0.2) is 39.8 Å². The maximum atomic E-state index is 12.0. The van der Waals surface area contributed by atoms with E-state index < -0.39 is 21.1 Å². The van der Waals surface area contributed by atoms with E-state index in [2.05, 4.69) is 10.2 Å². The van der Waals surface area contributed by atoms with Crippen molar-refractivity contribution >= 4 is 21.5 Å². The van der Waals surface area contributed by atoms with Crippen LogP contribution in [0, 0.1) is 0 Å². The van der Waals surface area contributed by atoms with Gasteiger partial charge >= 0.3 is 5.97 Å². The van der Waals surface area contributed by atoms with E-state index in [0.29, 0.717) is 18.5 Å². The summed E-state index contributed by atoms with van der Waals surface area (Å²) in [6.45, 7) is 0. The van der Waals surface area contributed by atoms with Crippen molar-refractivity contribution in [3.63, 3.8) is 0 Å². The van der Waals surface area contributed by atoms with Crippen molar-refractivity contribution in [1.82, 2.24) is 14.6 Å². The van der Waals surface area contributed by atoms with Gasteiger partial charge in [-0.05, 0) is 25.0 Å². The molecule has 7 nitrogen and oxygen atoms in total. The van der Waals surface area contributed by atoms with Crippen LogP contribution in [0.4, 0.5) is 0 Å². The molecule has 1 unspecified atom stereocenters. The van der Waals surface area contributed by atoms with Crippen molar-refractivity contribution in [2.24, 2.45) is 0 Å². The number of carboxylic acid groups (broad SMARTS) is 1. The lowest BCUT2D eigenvalue weighted by molar-refractivity contribution is 0.0688. The van der Waals surface area contributed by atoms with Crippen LogP contribution < -0.4 is 0 Å². The van der Waals surface area contributed by atoms with E-state index >= 15 is 0 Å². The number of sulfone groups is 1. The third-order valence-electron chi connectivity index (χ3n) is 3.29. The Kier molecular flexibility index (Phi) is 2.56. The van der Waals surface area contributed by atoms with Gasteiger partial charge in [0.25, 0.3) is 0 Å². The number of pyridine rings is 1. The number of fused-ring (bicyclic) bond motifs is 1. The minimum Gasteiger partial charge on any atom is -0.477 e. The molecule has 0 spiro atoms. The monoisotopic (exact) mass is 281 g/mol. The van der Waals surface area contributed by atoms with E-state index in [1.54, 1.807) is 12.1 Å². The third-order valence-corrected chi connectivity index (χ3v) is 5.46.